The number of carbonyl (C=O) groups excluding carboxylic acids is 1. The van der Waals surface area contributed by atoms with Gasteiger partial charge in [0.2, 0.25) is 11.7 Å². The SMILES string of the molecule is CCCCC(=O)NC[C@H](O)[C@H](O)[C@@H]1OC(C(=O)O)=C[C@H](O)[C@H]1C. The van der Waals surface area contributed by atoms with Crippen molar-refractivity contribution >= 4 is 11.9 Å². The summed E-state index contributed by atoms with van der Waals surface area (Å²) in [5, 5.41) is 41.4. The van der Waals surface area contributed by atoms with Gasteiger partial charge in [-0.3, -0.25) is 4.79 Å². The predicted molar refractivity (Wildman–Crippen MR) is 80.3 cm³/mol. The molecule has 1 aliphatic heterocycles. The van der Waals surface area contributed by atoms with Gasteiger partial charge in [0.1, 0.15) is 18.3 Å². The molecule has 8 heteroatoms. The Kier molecular flexibility index (Phi) is 7.47. The van der Waals surface area contributed by atoms with E-state index < -0.39 is 42.1 Å². The molecule has 0 spiro atoms. The van der Waals surface area contributed by atoms with Gasteiger partial charge in [-0.05, 0) is 12.5 Å². The fraction of sp³-hybridized carbons (Fsp3) is 0.733. The van der Waals surface area contributed by atoms with Crippen molar-refractivity contribution in [3.05, 3.63) is 11.8 Å². The lowest BCUT2D eigenvalue weighted by atomic mass is 9.89. The molecular formula is C15H25NO7. The van der Waals surface area contributed by atoms with E-state index in [-0.39, 0.29) is 12.5 Å². The second-order valence-electron chi connectivity index (χ2n) is 5.73. The quantitative estimate of drug-likeness (QED) is 0.400. The summed E-state index contributed by atoms with van der Waals surface area (Å²) in [4.78, 5) is 22.5. The van der Waals surface area contributed by atoms with Crippen LogP contribution < -0.4 is 5.32 Å². The van der Waals surface area contributed by atoms with Gasteiger partial charge in [-0.2, -0.15) is 0 Å². The van der Waals surface area contributed by atoms with E-state index in [1.165, 1.54) is 0 Å². The van der Waals surface area contributed by atoms with Crippen LogP contribution in [0.1, 0.15) is 33.1 Å². The molecule has 5 atom stereocenters. The lowest BCUT2D eigenvalue weighted by molar-refractivity contribution is -0.149. The minimum Gasteiger partial charge on any atom is -0.480 e. The normalized spacial score (nSPS) is 26.7. The number of aliphatic hydroxyl groups is 3. The lowest BCUT2D eigenvalue weighted by Gasteiger charge is -2.36. The molecule has 0 saturated carbocycles. The third kappa shape index (κ3) is 5.49. The molecule has 0 aromatic carbocycles. The number of aliphatic carboxylic acids is 1. The fourth-order valence-corrected chi connectivity index (χ4v) is 2.28. The number of nitrogens with one attached hydrogen (secondary N) is 1. The Bertz CT molecular complexity index is 451. The first-order chi connectivity index (χ1) is 10.8. The molecule has 0 aromatic heterocycles. The van der Waals surface area contributed by atoms with Crippen LogP contribution in [-0.2, 0) is 14.3 Å². The van der Waals surface area contributed by atoms with Crippen molar-refractivity contribution in [2.24, 2.45) is 5.92 Å². The summed E-state index contributed by atoms with van der Waals surface area (Å²) in [5.74, 6) is -2.69. The summed E-state index contributed by atoms with van der Waals surface area (Å²) < 4.78 is 5.16. The number of ether oxygens (including phenoxy) is 1. The number of rotatable bonds is 8. The van der Waals surface area contributed by atoms with Gasteiger partial charge in [0.15, 0.2) is 0 Å². The van der Waals surface area contributed by atoms with Crippen LogP contribution in [0.25, 0.3) is 0 Å². The van der Waals surface area contributed by atoms with Crippen LogP contribution >= 0.6 is 0 Å². The van der Waals surface area contributed by atoms with Crippen LogP contribution in [0.2, 0.25) is 0 Å². The number of carboxylic acid groups (broad SMARTS) is 1. The van der Waals surface area contributed by atoms with Crippen LogP contribution in [0.15, 0.2) is 11.8 Å². The molecule has 8 nitrogen and oxygen atoms in total. The highest BCUT2D eigenvalue weighted by atomic mass is 16.5. The molecule has 0 radical (unpaired) electrons. The Hall–Kier alpha value is -1.64. The van der Waals surface area contributed by atoms with E-state index in [0.717, 1.165) is 18.9 Å². The average molecular weight is 331 g/mol. The van der Waals surface area contributed by atoms with E-state index in [2.05, 4.69) is 5.32 Å². The van der Waals surface area contributed by atoms with Gasteiger partial charge < -0.3 is 30.5 Å². The second kappa shape index (κ2) is 8.85. The maximum atomic E-state index is 11.5. The Morgan fingerprint density at radius 3 is 2.61 bits per heavy atom. The molecule has 0 aromatic rings. The molecule has 132 valence electrons. The molecule has 0 saturated heterocycles. The van der Waals surface area contributed by atoms with Crippen molar-refractivity contribution in [2.75, 3.05) is 6.54 Å². The Morgan fingerprint density at radius 2 is 2.04 bits per heavy atom. The maximum Gasteiger partial charge on any atom is 0.370 e. The molecule has 1 aliphatic rings. The first-order valence-electron chi connectivity index (χ1n) is 7.70. The second-order valence-corrected chi connectivity index (χ2v) is 5.73. The molecule has 23 heavy (non-hydrogen) atoms. The highest BCUT2D eigenvalue weighted by Gasteiger charge is 2.40. The Balaban J connectivity index is 2.61. The highest BCUT2D eigenvalue weighted by molar-refractivity contribution is 5.84. The van der Waals surface area contributed by atoms with E-state index in [9.17, 15) is 24.9 Å². The van der Waals surface area contributed by atoms with Crippen molar-refractivity contribution in [1.29, 1.82) is 0 Å². The average Bonchev–Trinajstić information content (AvgIpc) is 2.51. The van der Waals surface area contributed by atoms with Crippen molar-refractivity contribution in [1.82, 2.24) is 5.32 Å². The van der Waals surface area contributed by atoms with Gasteiger partial charge >= 0.3 is 5.97 Å². The largest absolute Gasteiger partial charge is 0.480 e. The van der Waals surface area contributed by atoms with Crippen LogP contribution in [0.3, 0.4) is 0 Å². The summed E-state index contributed by atoms with van der Waals surface area (Å²) in [7, 11) is 0. The number of unbranched alkanes of at least 4 members (excludes halogenated alkanes) is 1. The molecule has 0 aliphatic carbocycles. The summed E-state index contributed by atoms with van der Waals surface area (Å²) in [6, 6.07) is 0. The summed E-state index contributed by atoms with van der Waals surface area (Å²) >= 11 is 0. The van der Waals surface area contributed by atoms with Gasteiger partial charge in [-0.25, -0.2) is 4.79 Å². The molecule has 5 N–H and O–H groups in total. The van der Waals surface area contributed by atoms with Gasteiger partial charge in [0, 0.05) is 18.9 Å². The molecule has 0 bridgehead atoms. The standard InChI is InChI=1S/C15H25NO7/c1-3-4-5-12(19)16-7-10(18)13(20)14-8(2)9(17)6-11(23-14)15(21)22/h6,8-10,13-14,17-18,20H,3-5,7H2,1-2H3,(H,16,19)(H,21,22)/t8-,9+,10+,13+,14-/m1/s1. The third-order valence-corrected chi connectivity index (χ3v) is 3.85. The van der Waals surface area contributed by atoms with Crippen molar-refractivity contribution in [3.63, 3.8) is 0 Å². The molecule has 1 rings (SSSR count). The summed E-state index contributed by atoms with van der Waals surface area (Å²) in [6.07, 6.45) is -2.01. The number of amides is 1. The van der Waals surface area contributed by atoms with Gasteiger partial charge in [0.25, 0.3) is 0 Å². The van der Waals surface area contributed by atoms with Crippen molar-refractivity contribution < 1.29 is 34.8 Å². The van der Waals surface area contributed by atoms with E-state index in [0.29, 0.717) is 6.42 Å². The van der Waals surface area contributed by atoms with E-state index in [4.69, 9.17) is 9.84 Å². The Morgan fingerprint density at radius 1 is 1.39 bits per heavy atom. The smallest absolute Gasteiger partial charge is 0.370 e. The van der Waals surface area contributed by atoms with Gasteiger partial charge in [-0.1, -0.05) is 20.3 Å². The minimum absolute atomic E-state index is 0.182. The number of hydrogen-bond donors (Lipinski definition) is 5. The zero-order valence-electron chi connectivity index (χ0n) is 13.3. The van der Waals surface area contributed by atoms with Crippen molar-refractivity contribution in [3.8, 4) is 0 Å². The molecule has 0 unspecified atom stereocenters. The van der Waals surface area contributed by atoms with Crippen molar-refractivity contribution in [2.45, 2.75) is 57.5 Å². The van der Waals surface area contributed by atoms with Gasteiger partial charge in [-0.15, -0.1) is 0 Å². The van der Waals surface area contributed by atoms with Gasteiger partial charge in [0.05, 0.1) is 6.10 Å². The van der Waals surface area contributed by atoms with Crippen LogP contribution in [0, 0.1) is 5.92 Å². The molecule has 1 amide bonds. The van der Waals surface area contributed by atoms with Crippen LogP contribution in [0.4, 0.5) is 0 Å². The van der Waals surface area contributed by atoms with E-state index >= 15 is 0 Å². The lowest BCUT2D eigenvalue weighted by Crippen LogP contribution is -2.51. The number of aliphatic hydroxyl groups excluding tert-OH is 3. The highest BCUT2D eigenvalue weighted by Crippen LogP contribution is 2.27. The van der Waals surface area contributed by atoms with E-state index in [1.54, 1.807) is 6.92 Å². The summed E-state index contributed by atoms with van der Waals surface area (Å²) in [5.41, 5.74) is 0. The first-order valence-corrected chi connectivity index (χ1v) is 7.70. The fourth-order valence-electron chi connectivity index (χ4n) is 2.28. The maximum absolute atomic E-state index is 11.5. The van der Waals surface area contributed by atoms with Crippen LogP contribution in [0.5, 0.6) is 0 Å². The van der Waals surface area contributed by atoms with E-state index in [1.807, 2.05) is 6.92 Å². The topological polar surface area (TPSA) is 136 Å². The summed E-state index contributed by atoms with van der Waals surface area (Å²) in [6.45, 7) is 3.34. The third-order valence-electron chi connectivity index (χ3n) is 3.85. The molecular weight excluding hydrogens is 306 g/mol. The number of carboxylic acids is 1. The zero-order valence-corrected chi connectivity index (χ0v) is 13.3. The monoisotopic (exact) mass is 331 g/mol. The molecule has 0 fully saturated rings. The minimum atomic E-state index is -1.45. The predicted octanol–water partition coefficient (Wildman–Crippen LogP) is -0.621. The van der Waals surface area contributed by atoms with Crippen LogP contribution in [-0.4, -0.2) is 63.3 Å². The first kappa shape index (κ1) is 19.4. The zero-order chi connectivity index (χ0) is 17.6. The Labute approximate surface area is 134 Å². The number of carbonyl (C=O) groups is 2. The molecule has 1 heterocycles. The number of hydrogen-bond acceptors (Lipinski definition) is 6.